The number of aliphatic imine (C=N–C) groups is 1. The van der Waals surface area contributed by atoms with Gasteiger partial charge in [0.15, 0.2) is 5.96 Å². The van der Waals surface area contributed by atoms with E-state index in [0.717, 1.165) is 5.75 Å². The molecule has 0 saturated heterocycles. The number of hydrogen-bond acceptors (Lipinski definition) is 3. The molecule has 0 amide bonds. The van der Waals surface area contributed by atoms with Crippen molar-refractivity contribution in [1.82, 2.24) is 0 Å². The second kappa shape index (κ2) is 6.93. The molecular formula is C9H13N3O4. The lowest BCUT2D eigenvalue weighted by Crippen LogP contribution is -2.21. The van der Waals surface area contributed by atoms with Crippen LogP contribution in [0.4, 0.5) is 10.5 Å². The Balaban J connectivity index is 0.000000487. The first-order valence-electron chi connectivity index (χ1n) is 4.11. The summed E-state index contributed by atoms with van der Waals surface area (Å²) in [7, 11) is 1.59. The van der Waals surface area contributed by atoms with Gasteiger partial charge in [0.05, 0.1) is 12.8 Å². The molecule has 88 valence electrons. The molecule has 1 aromatic carbocycles. The van der Waals surface area contributed by atoms with Crippen LogP contribution in [0.25, 0.3) is 0 Å². The molecule has 7 heteroatoms. The predicted molar refractivity (Wildman–Crippen MR) is 59.1 cm³/mol. The lowest BCUT2D eigenvalue weighted by atomic mass is 10.3. The number of hydrogen-bond donors (Lipinski definition) is 4. The molecule has 0 radical (unpaired) electrons. The van der Waals surface area contributed by atoms with Gasteiger partial charge in [0.2, 0.25) is 0 Å². The van der Waals surface area contributed by atoms with Gasteiger partial charge in [-0.05, 0) is 12.1 Å². The van der Waals surface area contributed by atoms with Crippen molar-refractivity contribution >= 4 is 17.8 Å². The van der Waals surface area contributed by atoms with Gasteiger partial charge in [-0.3, -0.25) is 0 Å². The Kier molecular flexibility index (Phi) is 5.88. The average Bonchev–Trinajstić information content (AvgIpc) is 2.16. The first-order valence-corrected chi connectivity index (χ1v) is 4.11. The molecule has 0 saturated carbocycles. The number of rotatable bonds is 2. The highest BCUT2D eigenvalue weighted by atomic mass is 16.6. The minimum absolute atomic E-state index is 0.0447. The third kappa shape index (κ3) is 7.01. The average molecular weight is 227 g/mol. The second-order valence-corrected chi connectivity index (χ2v) is 2.52. The number of nitrogens with zero attached hydrogens (tertiary/aromatic N) is 1. The number of benzene rings is 1. The molecule has 6 N–H and O–H groups in total. The summed E-state index contributed by atoms with van der Waals surface area (Å²) in [6.45, 7) is 0. The second-order valence-electron chi connectivity index (χ2n) is 2.52. The van der Waals surface area contributed by atoms with E-state index < -0.39 is 6.16 Å². The molecule has 0 atom stereocenters. The van der Waals surface area contributed by atoms with Gasteiger partial charge in [-0.15, -0.1) is 0 Å². The van der Waals surface area contributed by atoms with Gasteiger partial charge >= 0.3 is 6.16 Å². The Morgan fingerprint density at radius 2 is 1.94 bits per heavy atom. The van der Waals surface area contributed by atoms with E-state index in [4.69, 9.17) is 31.2 Å². The van der Waals surface area contributed by atoms with Crippen LogP contribution < -0.4 is 16.2 Å². The van der Waals surface area contributed by atoms with Crippen molar-refractivity contribution in [3.05, 3.63) is 24.3 Å². The van der Waals surface area contributed by atoms with E-state index >= 15 is 0 Å². The zero-order valence-electron chi connectivity index (χ0n) is 8.62. The largest absolute Gasteiger partial charge is 0.503 e. The van der Waals surface area contributed by atoms with Crippen LogP contribution in [0.15, 0.2) is 29.3 Å². The molecule has 0 heterocycles. The summed E-state index contributed by atoms with van der Waals surface area (Å²) >= 11 is 0. The van der Waals surface area contributed by atoms with Gasteiger partial charge in [-0.25, -0.2) is 9.79 Å². The number of ether oxygens (including phenoxy) is 1. The van der Waals surface area contributed by atoms with Crippen LogP contribution in [-0.2, 0) is 0 Å². The van der Waals surface area contributed by atoms with Gasteiger partial charge in [-0.2, -0.15) is 0 Å². The van der Waals surface area contributed by atoms with E-state index in [1.165, 1.54) is 0 Å². The van der Waals surface area contributed by atoms with Gasteiger partial charge < -0.3 is 26.4 Å². The standard InChI is InChI=1S/C8H11N3O.CH2O3/c1-12-7-4-2-3-6(5-7)11-8(9)10;2-1(3)4/h2-5H,1H3,(H4,9,10,11);(H2,2,3,4). The van der Waals surface area contributed by atoms with Crippen molar-refractivity contribution in [3.63, 3.8) is 0 Å². The number of nitrogens with two attached hydrogens (primary N) is 2. The van der Waals surface area contributed by atoms with Crippen molar-refractivity contribution in [2.45, 2.75) is 0 Å². The molecule has 7 nitrogen and oxygen atoms in total. The van der Waals surface area contributed by atoms with E-state index in [0.29, 0.717) is 5.69 Å². The summed E-state index contributed by atoms with van der Waals surface area (Å²) in [6, 6.07) is 7.19. The van der Waals surface area contributed by atoms with Gasteiger partial charge in [0.1, 0.15) is 5.75 Å². The minimum atomic E-state index is -1.83. The number of carboxylic acid groups (broad SMARTS) is 2. The van der Waals surface area contributed by atoms with E-state index in [-0.39, 0.29) is 5.96 Å². The number of methoxy groups -OCH3 is 1. The van der Waals surface area contributed by atoms with E-state index in [1.54, 1.807) is 19.2 Å². The van der Waals surface area contributed by atoms with E-state index in [9.17, 15) is 0 Å². The molecule has 1 aromatic rings. The maximum atomic E-state index is 8.56. The van der Waals surface area contributed by atoms with Gasteiger partial charge in [-0.1, -0.05) is 6.07 Å². The molecule has 0 aromatic heterocycles. The molecule has 0 unspecified atom stereocenters. The Hall–Kier alpha value is -2.44. The highest BCUT2D eigenvalue weighted by Crippen LogP contribution is 2.18. The van der Waals surface area contributed by atoms with E-state index in [1.807, 2.05) is 12.1 Å². The Labute approximate surface area is 92.0 Å². The number of carbonyl (C=O) groups is 1. The fraction of sp³-hybridized carbons (Fsp3) is 0.111. The normalized spacial score (nSPS) is 8.31. The highest BCUT2D eigenvalue weighted by Gasteiger charge is 1.92. The highest BCUT2D eigenvalue weighted by molar-refractivity contribution is 5.79. The summed E-state index contributed by atoms with van der Waals surface area (Å²) in [6.07, 6.45) is -1.83. The van der Waals surface area contributed by atoms with Crippen LogP contribution in [0.1, 0.15) is 0 Å². The van der Waals surface area contributed by atoms with Gasteiger partial charge in [0.25, 0.3) is 0 Å². The molecule has 0 aliphatic carbocycles. The molecule has 0 spiro atoms. The summed E-state index contributed by atoms with van der Waals surface area (Å²) in [5, 5.41) is 13.9. The molecule has 0 bridgehead atoms. The van der Waals surface area contributed by atoms with Crippen LogP contribution in [0, 0.1) is 0 Å². The summed E-state index contributed by atoms with van der Waals surface area (Å²) in [5.41, 5.74) is 11.1. The van der Waals surface area contributed by atoms with Crippen molar-refractivity contribution in [2.24, 2.45) is 16.5 Å². The maximum Gasteiger partial charge on any atom is 0.503 e. The molecule has 0 aliphatic rings. The predicted octanol–water partition coefficient (Wildman–Crippen LogP) is 0.823. The fourth-order valence-corrected chi connectivity index (χ4v) is 0.829. The SMILES string of the molecule is COc1cccc(N=C(N)N)c1.O=C(O)O. The monoisotopic (exact) mass is 227 g/mol. The minimum Gasteiger partial charge on any atom is -0.497 e. The van der Waals surface area contributed by atoms with Crippen LogP contribution in [0.5, 0.6) is 5.75 Å². The van der Waals surface area contributed by atoms with Crippen molar-refractivity contribution in [1.29, 1.82) is 0 Å². The van der Waals surface area contributed by atoms with Crippen molar-refractivity contribution in [3.8, 4) is 5.75 Å². The zero-order chi connectivity index (χ0) is 12.6. The maximum absolute atomic E-state index is 8.56. The number of guanidine groups is 1. The molecule has 0 aliphatic heterocycles. The first kappa shape index (κ1) is 13.6. The molecule has 16 heavy (non-hydrogen) atoms. The van der Waals surface area contributed by atoms with Crippen LogP contribution in [0.3, 0.4) is 0 Å². The van der Waals surface area contributed by atoms with Crippen molar-refractivity contribution in [2.75, 3.05) is 7.11 Å². The lowest BCUT2D eigenvalue weighted by molar-refractivity contribution is 0.137. The van der Waals surface area contributed by atoms with Crippen LogP contribution in [0.2, 0.25) is 0 Å². The fourth-order valence-electron chi connectivity index (χ4n) is 0.829. The Morgan fingerprint density at radius 1 is 1.38 bits per heavy atom. The molecular weight excluding hydrogens is 214 g/mol. The Morgan fingerprint density at radius 3 is 2.38 bits per heavy atom. The third-order valence-electron chi connectivity index (χ3n) is 1.31. The molecule has 1 rings (SSSR count). The summed E-state index contributed by atoms with van der Waals surface area (Å²) in [5.74, 6) is 0.778. The molecule has 0 fully saturated rings. The van der Waals surface area contributed by atoms with Gasteiger partial charge in [0, 0.05) is 6.07 Å². The summed E-state index contributed by atoms with van der Waals surface area (Å²) in [4.78, 5) is 12.4. The topological polar surface area (TPSA) is 131 Å². The van der Waals surface area contributed by atoms with Crippen LogP contribution in [-0.4, -0.2) is 29.4 Å². The third-order valence-corrected chi connectivity index (χ3v) is 1.31. The smallest absolute Gasteiger partial charge is 0.497 e. The first-order chi connectivity index (χ1) is 7.45. The Bertz CT molecular complexity index is 371. The summed E-state index contributed by atoms with van der Waals surface area (Å²) < 4.78 is 4.99. The van der Waals surface area contributed by atoms with Crippen molar-refractivity contribution < 1.29 is 19.7 Å². The zero-order valence-corrected chi connectivity index (χ0v) is 8.62. The van der Waals surface area contributed by atoms with E-state index in [2.05, 4.69) is 4.99 Å². The quantitative estimate of drug-likeness (QED) is 0.437. The lowest BCUT2D eigenvalue weighted by Gasteiger charge is -1.99. The van der Waals surface area contributed by atoms with Crippen LogP contribution >= 0.6 is 0 Å².